The first-order valence-electron chi connectivity index (χ1n) is 10.1. The van der Waals surface area contributed by atoms with Crippen molar-refractivity contribution in [2.75, 3.05) is 0 Å². The number of para-hydroxylation sites is 2. The number of hydrogen-bond acceptors (Lipinski definition) is 2. The van der Waals surface area contributed by atoms with Gasteiger partial charge in [0, 0.05) is 17.0 Å². The van der Waals surface area contributed by atoms with Crippen LogP contribution in [0.25, 0.3) is 16.8 Å². The van der Waals surface area contributed by atoms with Gasteiger partial charge in [-0.25, -0.2) is 0 Å². The van der Waals surface area contributed by atoms with Gasteiger partial charge in [0.05, 0.1) is 6.10 Å². The Morgan fingerprint density at radius 2 is 1.52 bits per heavy atom. The molecule has 2 nitrogen and oxygen atoms in total. The first-order valence-corrected chi connectivity index (χ1v) is 10.1. The summed E-state index contributed by atoms with van der Waals surface area (Å²) in [5, 5.41) is 14.2. The van der Waals surface area contributed by atoms with Crippen LogP contribution in [0.5, 0.6) is 11.5 Å². The van der Waals surface area contributed by atoms with E-state index in [1.165, 1.54) is 21.9 Å². The number of aliphatic hydroxyl groups excluding tert-OH is 1. The Kier molecular flexibility index (Phi) is 3.62. The van der Waals surface area contributed by atoms with E-state index < -0.39 is 6.10 Å². The molecule has 0 amide bonds. The second-order valence-electron chi connectivity index (χ2n) is 7.79. The Morgan fingerprint density at radius 1 is 0.793 bits per heavy atom. The van der Waals surface area contributed by atoms with Gasteiger partial charge in [0.1, 0.15) is 11.5 Å². The van der Waals surface area contributed by atoms with E-state index in [9.17, 15) is 5.11 Å². The molecule has 0 radical (unpaired) electrons. The second-order valence-corrected chi connectivity index (χ2v) is 7.79. The van der Waals surface area contributed by atoms with Crippen LogP contribution < -0.4 is 4.74 Å². The predicted octanol–water partition coefficient (Wildman–Crippen LogP) is 6.38. The zero-order valence-corrected chi connectivity index (χ0v) is 15.9. The minimum absolute atomic E-state index is 0.164. The summed E-state index contributed by atoms with van der Waals surface area (Å²) < 4.78 is 6.13. The summed E-state index contributed by atoms with van der Waals surface area (Å²) in [6.07, 6.45) is 4.57. The first kappa shape index (κ1) is 16.6. The highest BCUT2D eigenvalue weighted by molar-refractivity contribution is 5.96. The number of aliphatic hydroxyl groups is 1. The molecule has 1 atom stereocenters. The van der Waals surface area contributed by atoms with Gasteiger partial charge in [0.25, 0.3) is 0 Å². The van der Waals surface area contributed by atoms with Gasteiger partial charge >= 0.3 is 0 Å². The summed E-state index contributed by atoms with van der Waals surface area (Å²) in [6, 6.07) is 26.7. The summed E-state index contributed by atoms with van der Waals surface area (Å²) in [5.41, 5.74) is 5.53. The lowest BCUT2D eigenvalue weighted by molar-refractivity contribution is 0.153. The van der Waals surface area contributed by atoms with E-state index >= 15 is 0 Å². The Bertz CT molecular complexity index is 1240. The quantitative estimate of drug-likeness (QED) is 0.440. The summed E-state index contributed by atoms with van der Waals surface area (Å²) >= 11 is 0. The van der Waals surface area contributed by atoms with Crippen LogP contribution in [0, 0.1) is 0 Å². The van der Waals surface area contributed by atoms with Gasteiger partial charge in [-0.05, 0) is 46.0 Å². The molecule has 6 rings (SSSR count). The second kappa shape index (κ2) is 6.33. The molecule has 1 heterocycles. The van der Waals surface area contributed by atoms with Crippen molar-refractivity contribution in [1.82, 2.24) is 0 Å². The van der Waals surface area contributed by atoms with Crippen molar-refractivity contribution < 1.29 is 9.84 Å². The maximum Gasteiger partial charge on any atom is 0.131 e. The largest absolute Gasteiger partial charge is 0.457 e. The van der Waals surface area contributed by atoms with Crippen molar-refractivity contribution in [3.8, 4) is 11.5 Å². The maximum atomic E-state index is 11.7. The van der Waals surface area contributed by atoms with Gasteiger partial charge in [-0.1, -0.05) is 78.9 Å². The third-order valence-electron chi connectivity index (χ3n) is 6.20. The molecule has 1 N–H and O–H groups in total. The van der Waals surface area contributed by atoms with E-state index in [1.807, 2.05) is 36.4 Å². The highest BCUT2D eigenvalue weighted by atomic mass is 16.5. The SMILES string of the molecule is OC(c1ccc2cccc3c2c1CC=C3)C1c2ccccc2Oc2ccccc21. The number of rotatable bonds is 2. The Balaban J connectivity index is 1.57. The van der Waals surface area contributed by atoms with Crippen molar-refractivity contribution in [2.24, 2.45) is 0 Å². The lowest BCUT2D eigenvalue weighted by Gasteiger charge is -2.33. The van der Waals surface area contributed by atoms with Gasteiger partial charge in [0.15, 0.2) is 0 Å². The fourth-order valence-corrected chi connectivity index (χ4v) is 4.91. The first-order chi connectivity index (χ1) is 14.3. The Labute approximate surface area is 169 Å². The molecule has 0 bridgehead atoms. The molecule has 1 unspecified atom stereocenters. The van der Waals surface area contributed by atoms with Crippen LogP contribution in [-0.4, -0.2) is 5.11 Å². The van der Waals surface area contributed by atoms with Crippen LogP contribution in [-0.2, 0) is 6.42 Å². The smallest absolute Gasteiger partial charge is 0.131 e. The monoisotopic (exact) mass is 376 g/mol. The normalized spacial score (nSPS) is 15.5. The van der Waals surface area contributed by atoms with E-state index in [0.717, 1.165) is 34.6 Å². The van der Waals surface area contributed by atoms with Gasteiger partial charge in [-0.3, -0.25) is 0 Å². The minimum Gasteiger partial charge on any atom is -0.457 e. The summed E-state index contributed by atoms with van der Waals surface area (Å²) in [6.45, 7) is 0. The van der Waals surface area contributed by atoms with E-state index in [4.69, 9.17) is 4.74 Å². The molecular weight excluding hydrogens is 356 g/mol. The number of benzene rings is 4. The van der Waals surface area contributed by atoms with E-state index in [0.29, 0.717) is 0 Å². The van der Waals surface area contributed by atoms with Crippen LogP contribution in [0.1, 0.15) is 39.8 Å². The van der Waals surface area contributed by atoms with Crippen molar-refractivity contribution >= 4 is 16.8 Å². The van der Waals surface area contributed by atoms with Crippen molar-refractivity contribution in [3.63, 3.8) is 0 Å². The van der Waals surface area contributed by atoms with Crippen LogP contribution in [0.15, 0.2) is 84.9 Å². The third kappa shape index (κ3) is 2.46. The Hall–Kier alpha value is -3.36. The molecule has 0 aromatic heterocycles. The van der Waals surface area contributed by atoms with Crippen molar-refractivity contribution in [1.29, 1.82) is 0 Å². The van der Waals surface area contributed by atoms with Crippen LogP contribution >= 0.6 is 0 Å². The predicted molar refractivity (Wildman–Crippen MR) is 116 cm³/mol. The number of allylic oxidation sites excluding steroid dienone is 1. The minimum atomic E-state index is -0.653. The maximum absolute atomic E-state index is 11.7. The highest BCUT2D eigenvalue weighted by Crippen LogP contribution is 2.50. The molecule has 140 valence electrons. The average molecular weight is 376 g/mol. The van der Waals surface area contributed by atoms with Crippen molar-refractivity contribution in [2.45, 2.75) is 18.4 Å². The summed E-state index contributed by atoms with van der Waals surface area (Å²) in [5.74, 6) is 1.48. The summed E-state index contributed by atoms with van der Waals surface area (Å²) in [7, 11) is 0. The average Bonchev–Trinajstić information content (AvgIpc) is 2.78. The number of ether oxygens (including phenoxy) is 1. The van der Waals surface area contributed by atoms with Gasteiger partial charge in [-0.2, -0.15) is 0 Å². The molecule has 29 heavy (non-hydrogen) atoms. The topological polar surface area (TPSA) is 29.5 Å². The molecule has 4 aromatic rings. The fourth-order valence-electron chi connectivity index (χ4n) is 4.91. The zero-order chi connectivity index (χ0) is 19.4. The molecule has 0 spiro atoms. The fraction of sp³-hybridized carbons (Fsp3) is 0.111. The van der Waals surface area contributed by atoms with Gasteiger partial charge < -0.3 is 9.84 Å². The third-order valence-corrected chi connectivity index (χ3v) is 6.20. The highest BCUT2D eigenvalue weighted by Gasteiger charge is 2.34. The lowest BCUT2D eigenvalue weighted by atomic mass is 9.78. The van der Waals surface area contributed by atoms with E-state index in [-0.39, 0.29) is 5.92 Å². The molecule has 2 aliphatic rings. The van der Waals surface area contributed by atoms with E-state index in [1.54, 1.807) is 0 Å². The molecule has 0 saturated heterocycles. The van der Waals surface area contributed by atoms with Crippen LogP contribution in [0.3, 0.4) is 0 Å². The van der Waals surface area contributed by atoms with Crippen LogP contribution in [0.2, 0.25) is 0 Å². The van der Waals surface area contributed by atoms with Crippen molar-refractivity contribution in [3.05, 3.63) is 113 Å². The van der Waals surface area contributed by atoms with Gasteiger partial charge in [0.2, 0.25) is 0 Å². The molecule has 0 saturated carbocycles. The van der Waals surface area contributed by atoms with Gasteiger partial charge in [-0.15, -0.1) is 0 Å². The molecular formula is C27H20O2. The molecule has 1 aliphatic carbocycles. The summed E-state index contributed by atoms with van der Waals surface area (Å²) in [4.78, 5) is 0. The van der Waals surface area contributed by atoms with Crippen LogP contribution in [0.4, 0.5) is 0 Å². The number of hydrogen-bond donors (Lipinski definition) is 1. The van der Waals surface area contributed by atoms with E-state index in [2.05, 4.69) is 54.6 Å². The molecule has 4 aromatic carbocycles. The number of fused-ring (bicyclic) bond motifs is 2. The molecule has 0 fully saturated rings. The lowest BCUT2D eigenvalue weighted by Crippen LogP contribution is -2.19. The Morgan fingerprint density at radius 3 is 2.28 bits per heavy atom. The standard InChI is InChI=1S/C27H20O2/c28-27(20-16-15-18-8-5-7-17-9-6-12-19(20)25(17)18)26-21-10-1-3-13-23(21)29-24-14-4-2-11-22(24)26/h1-11,13-16,26-28H,12H2. The molecule has 2 heteroatoms. The zero-order valence-electron chi connectivity index (χ0n) is 15.9. The molecule has 1 aliphatic heterocycles.